The first-order valence-corrected chi connectivity index (χ1v) is 6.47. The maximum atomic E-state index is 12.3. The van der Waals surface area contributed by atoms with Crippen LogP contribution >= 0.6 is 0 Å². The summed E-state index contributed by atoms with van der Waals surface area (Å²) in [6.07, 6.45) is 0.762. The number of nitrogens with zero attached hydrogens (tertiary/aromatic N) is 1. The fourth-order valence-corrected chi connectivity index (χ4v) is 2.60. The molecule has 0 heterocycles. The molecule has 1 unspecified atom stereocenters. The van der Waals surface area contributed by atoms with Crippen LogP contribution in [0.3, 0.4) is 0 Å². The molecule has 0 bridgehead atoms. The van der Waals surface area contributed by atoms with Crippen LogP contribution in [-0.2, 0) is 11.2 Å². The van der Waals surface area contributed by atoms with Gasteiger partial charge in [-0.15, -0.1) is 0 Å². The van der Waals surface area contributed by atoms with Gasteiger partial charge in [0, 0.05) is 32.5 Å². The normalized spacial score (nSPS) is 17.4. The van der Waals surface area contributed by atoms with Crippen molar-refractivity contribution in [2.75, 3.05) is 28.3 Å². The number of fused-ring (bicyclic) bond motifs is 1. The van der Waals surface area contributed by atoms with Crippen molar-refractivity contribution in [1.82, 2.24) is 4.90 Å². The summed E-state index contributed by atoms with van der Waals surface area (Å²) in [6.45, 7) is 0. The number of Topliss-reactive ketones (excluding diaryl/α,β-unsaturated/α-hetero) is 1. The van der Waals surface area contributed by atoms with Gasteiger partial charge in [0.1, 0.15) is 11.5 Å². The van der Waals surface area contributed by atoms with E-state index in [1.165, 1.54) is 12.0 Å². The van der Waals surface area contributed by atoms with Crippen LogP contribution in [0.1, 0.15) is 22.3 Å². The lowest BCUT2D eigenvalue weighted by molar-refractivity contribution is -0.133. The molecule has 0 radical (unpaired) electrons. The second kappa shape index (κ2) is 5.53. The van der Waals surface area contributed by atoms with E-state index in [4.69, 9.17) is 9.47 Å². The molecule has 0 N–H and O–H groups in total. The van der Waals surface area contributed by atoms with E-state index in [-0.39, 0.29) is 24.0 Å². The monoisotopic (exact) mass is 277 g/mol. The van der Waals surface area contributed by atoms with Gasteiger partial charge in [-0.1, -0.05) is 0 Å². The molecule has 0 fully saturated rings. The van der Waals surface area contributed by atoms with Crippen molar-refractivity contribution in [1.29, 1.82) is 0 Å². The van der Waals surface area contributed by atoms with Crippen molar-refractivity contribution < 1.29 is 19.1 Å². The largest absolute Gasteiger partial charge is 0.497 e. The molecule has 0 saturated carbocycles. The van der Waals surface area contributed by atoms with Crippen LogP contribution in [0.15, 0.2) is 12.1 Å². The average molecular weight is 277 g/mol. The minimum atomic E-state index is -0.304. The molecule has 108 valence electrons. The quantitative estimate of drug-likeness (QED) is 0.841. The number of carbonyl (C=O) groups excluding carboxylic acids is 2. The molecule has 1 aromatic carbocycles. The second-order valence-corrected chi connectivity index (χ2v) is 5.12. The van der Waals surface area contributed by atoms with E-state index in [9.17, 15) is 9.59 Å². The van der Waals surface area contributed by atoms with Crippen LogP contribution in [0, 0.1) is 5.92 Å². The van der Waals surface area contributed by atoms with E-state index in [1.54, 1.807) is 27.3 Å². The Labute approximate surface area is 118 Å². The third-order valence-electron chi connectivity index (χ3n) is 3.58. The van der Waals surface area contributed by atoms with Gasteiger partial charge in [0.25, 0.3) is 0 Å². The number of amides is 1. The Hall–Kier alpha value is -2.04. The highest BCUT2D eigenvalue weighted by atomic mass is 16.5. The summed E-state index contributed by atoms with van der Waals surface area (Å²) in [5, 5.41) is 0. The molecule has 1 aliphatic rings. The molecule has 5 heteroatoms. The molecule has 1 aliphatic carbocycles. The van der Waals surface area contributed by atoms with Gasteiger partial charge in [-0.05, 0) is 18.1 Å². The van der Waals surface area contributed by atoms with E-state index >= 15 is 0 Å². The van der Waals surface area contributed by atoms with Gasteiger partial charge >= 0.3 is 0 Å². The van der Waals surface area contributed by atoms with Crippen molar-refractivity contribution in [2.24, 2.45) is 5.92 Å². The zero-order valence-electron chi connectivity index (χ0n) is 12.2. The van der Waals surface area contributed by atoms with Gasteiger partial charge < -0.3 is 14.4 Å². The topological polar surface area (TPSA) is 55.8 Å². The molecule has 0 aromatic heterocycles. The second-order valence-electron chi connectivity index (χ2n) is 5.12. The summed E-state index contributed by atoms with van der Waals surface area (Å²) in [6, 6.07) is 3.51. The number of rotatable bonds is 3. The summed E-state index contributed by atoms with van der Waals surface area (Å²) in [5.41, 5.74) is 1.40. The van der Waals surface area contributed by atoms with E-state index in [0.29, 0.717) is 23.5 Å². The highest BCUT2D eigenvalue weighted by Crippen LogP contribution is 2.36. The molecule has 0 saturated heterocycles. The Morgan fingerprint density at radius 1 is 1.20 bits per heavy atom. The van der Waals surface area contributed by atoms with Crippen molar-refractivity contribution in [3.8, 4) is 11.5 Å². The molecular formula is C15H19NO4. The zero-order chi connectivity index (χ0) is 14.9. The van der Waals surface area contributed by atoms with Gasteiger partial charge in [-0.25, -0.2) is 0 Å². The Morgan fingerprint density at radius 3 is 2.45 bits per heavy atom. The summed E-state index contributed by atoms with van der Waals surface area (Å²) in [7, 11) is 6.50. The van der Waals surface area contributed by atoms with Crippen molar-refractivity contribution in [3.63, 3.8) is 0 Å². The third kappa shape index (κ3) is 2.48. The fourth-order valence-electron chi connectivity index (χ4n) is 2.60. The Kier molecular flexibility index (Phi) is 3.97. The fraction of sp³-hybridized carbons (Fsp3) is 0.467. The molecule has 5 nitrogen and oxygen atoms in total. The summed E-state index contributed by atoms with van der Waals surface area (Å²) < 4.78 is 10.5. The lowest BCUT2D eigenvalue weighted by Gasteiger charge is -2.26. The van der Waals surface area contributed by atoms with Crippen molar-refractivity contribution in [2.45, 2.75) is 12.8 Å². The van der Waals surface area contributed by atoms with Crippen LogP contribution < -0.4 is 9.47 Å². The molecular weight excluding hydrogens is 258 g/mol. The lowest BCUT2D eigenvalue weighted by Crippen LogP contribution is -2.35. The predicted octanol–water partition coefficient (Wildman–Crippen LogP) is 1.54. The minimum Gasteiger partial charge on any atom is -0.497 e. The maximum absolute atomic E-state index is 12.3. The summed E-state index contributed by atoms with van der Waals surface area (Å²) in [4.78, 5) is 25.9. The van der Waals surface area contributed by atoms with Gasteiger partial charge in [-0.3, -0.25) is 9.59 Å². The summed E-state index contributed by atoms with van der Waals surface area (Å²) in [5.74, 6) is 0.769. The van der Waals surface area contributed by atoms with Crippen molar-refractivity contribution in [3.05, 3.63) is 23.3 Å². The van der Waals surface area contributed by atoms with Gasteiger partial charge in [0.2, 0.25) is 5.91 Å². The molecule has 2 rings (SSSR count). The predicted molar refractivity (Wildman–Crippen MR) is 74.4 cm³/mol. The van der Waals surface area contributed by atoms with Gasteiger partial charge in [0.05, 0.1) is 19.8 Å². The Morgan fingerprint density at radius 2 is 1.90 bits per heavy atom. The minimum absolute atomic E-state index is 0.0224. The zero-order valence-corrected chi connectivity index (χ0v) is 12.2. The summed E-state index contributed by atoms with van der Waals surface area (Å²) >= 11 is 0. The van der Waals surface area contributed by atoms with Gasteiger partial charge in [0.15, 0.2) is 5.78 Å². The number of hydrogen-bond acceptors (Lipinski definition) is 4. The Bertz CT molecular complexity index is 551. The number of ether oxygens (including phenoxy) is 2. The highest BCUT2D eigenvalue weighted by Gasteiger charge is 2.33. The van der Waals surface area contributed by atoms with E-state index in [2.05, 4.69) is 0 Å². The number of ketones is 1. The number of hydrogen-bond donors (Lipinski definition) is 0. The SMILES string of the molecule is COc1cc2c(c(OC)c1)C(=O)CC(C(=O)N(C)C)C2. The first-order chi connectivity index (χ1) is 9.47. The molecule has 0 aliphatic heterocycles. The van der Waals surface area contributed by atoms with E-state index in [0.717, 1.165) is 5.56 Å². The van der Waals surface area contributed by atoms with E-state index in [1.807, 2.05) is 6.07 Å². The molecule has 1 atom stereocenters. The average Bonchev–Trinajstić information content (AvgIpc) is 2.44. The van der Waals surface area contributed by atoms with Crippen LogP contribution in [0.5, 0.6) is 11.5 Å². The molecule has 1 amide bonds. The smallest absolute Gasteiger partial charge is 0.225 e. The van der Waals surface area contributed by atoms with Gasteiger partial charge in [-0.2, -0.15) is 0 Å². The van der Waals surface area contributed by atoms with Crippen LogP contribution in [0.2, 0.25) is 0 Å². The van der Waals surface area contributed by atoms with Crippen LogP contribution in [0.4, 0.5) is 0 Å². The standard InChI is InChI=1S/C15H19NO4/c1-16(2)15(18)10-5-9-6-11(19-3)8-13(20-4)14(9)12(17)7-10/h6,8,10H,5,7H2,1-4H3. The maximum Gasteiger partial charge on any atom is 0.225 e. The van der Waals surface area contributed by atoms with Crippen molar-refractivity contribution >= 4 is 11.7 Å². The first kappa shape index (κ1) is 14.4. The number of methoxy groups -OCH3 is 2. The molecule has 0 spiro atoms. The molecule has 20 heavy (non-hydrogen) atoms. The number of carbonyl (C=O) groups is 2. The lowest BCUT2D eigenvalue weighted by atomic mass is 9.81. The van der Waals surface area contributed by atoms with Crippen LogP contribution in [0.25, 0.3) is 0 Å². The molecule has 1 aromatic rings. The first-order valence-electron chi connectivity index (χ1n) is 6.47. The Balaban J connectivity index is 2.43. The number of benzene rings is 1. The third-order valence-corrected chi connectivity index (χ3v) is 3.58. The highest BCUT2D eigenvalue weighted by molar-refractivity contribution is 6.04. The van der Waals surface area contributed by atoms with Crippen LogP contribution in [-0.4, -0.2) is 44.9 Å². The van der Waals surface area contributed by atoms with E-state index < -0.39 is 0 Å².